The Morgan fingerprint density at radius 2 is 1.87 bits per heavy atom. The lowest BCUT2D eigenvalue weighted by atomic mass is 10.1. The SMILES string of the molecule is O=C(NCC#Cc1cccc(C(F)(F)F)c1)c1ccccc1Br. The summed E-state index contributed by atoms with van der Waals surface area (Å²) in [5.41, 5.74) is -0.0371. The summed E-state index contributed by atoms with van der Waals surface area (Å²) in [6.45, 7) is 0.0381. The van der Waals surface area contributed by atoms with Crippen molar-refractivity contribution in [2.24, 2.45) is 0 Å². The van der Waals surface area contributed by atoms with Gasteiger partial charge in [0, 0.05) is 10.0 Å². The molecule has 2 aromatic rings. The largest absolute Gasteiger partial charge is 0.416 e. The molecule has 0 unspecified atom stereocenters. The molecule has 2 aromatic carbocycles. The van der Waals surface area contributed by atoms with Gasteiger partial charge in [0.15, 0.2) is 0 Å². The van der Waals surface area contributed by atoms with Gasteiger partial charge in [0.05, 0.1) is 17.7 Å². The van der Waals surface area contributed by atoms with Gasteiger partial charge in [-0.15, -0.1) is 0 Å². The summed E-state index contributed by atoms with van der Waals surface area (Å²) in [5.74, 6) is 4.93. The molecule has 0 aliphatic carbocycles. The first kappa shape index (κ1) is 17.1. The van der Waals surface area contributed by atoms with Crippen LogP contribution in [-0.2, 0) is 6.18 Å². The number of amides is 1. The van der Waals surface area contributed by atoms with Gasteiger partial charge < -0.3 is 5.32 Å². The Morgan fingerprint density at radius 1 is 1.13 bits per heavy atom. The molecule has 0 fully saturated rings. The van der Waals surface area contributed by atoms with E-state index in [9.17, 15) is 18.0 Å². The molecule has 118 valence electrons. The Bertz CT molecular complexity index is 775. The summed E-state index contributed by atoms with van der Waals surface area (Å²) in [6.07, 6.45) is -4.40. The van der Waals surface area contributed by atoms with Crippen LogP contribution in [0.25, 0.3) is 0 Å². The molecule has 23 heavy (non-hydrogen) atoms. The van der Waals surface area contributed by atoms with E-state index in [1.165, 1.54) is 12.1 Å². The quantitative estimate of drug-likeness (QED) is 0.774. The van der Waals surface area contributed by atoms with Crippen molar-refractivity contribution in [2.45, 2.75) is 6.18 Å². The summed E-state index contributed by atoms with van der Waals surface area (Å²) < 4.78 is 38.4. The molecular formula is C17H11BrF3NO. The standard InChI is InChI=1S/C17H11BrF3NO/c18-15-9-2-1-8-14(15)16(23)22-10-4-6-12-5-3-7-13(11-12)17(19,20)21/h1-3,5,7-9,11H,10H2,(H,22,23). The summed E-state index contributed by atoms with van der Waals surface area (Å²) in [4.78, 5) is 11.9. The second kappa shape index (κ2) is 7.34. The lowest BCUT2D eigenvalue weighted by Gasteiger charge is -2.06. The predicted molar refractivity (Wildman–Crippen MR) is 84.8 cm³/mol. The van der Waals surface area contributed by atoms with Crippen molar-refractivity contribution in [3.63, 3.8) is 0 Å². The van der Waals surface area contributed by atoms with Crippen molar-refractivity contribution in [1.82, 2.24) is 5.32 Å². The molecule has 1 amide bonds. The van der Waals surface area contributed by atoms with Crippen LogP contribution in [0, 0.1) is 11.8 Å². The Hall–Kier alpha value is -2.26. The average Bonchev–Trinajstić information content (AvgIpc) is 2.51. The first-order chi connectivity index (χ1) is 10.9. The van der Waals surface area contributed by atoms with Crippen molar-refractivity contribution in [2.75, 3.05) is 6.54 Å². The summed E-state index contributed by atoms with van der Waals surface area (Å²) in [6, 6.07) is 11.7. The number of rotatable bonds is 2. The minimum atomic E-state index is -4.40. The average molecular weight is 382 g/mol. The van der Waals surface area contributed by atoms with E-state index in [2.05, 4.69) is 33.1 Å². The molecule has 0 aromatic heterocycles. The van der Waals surface area contributed by atoms with Crippen LogP contribution in [0.1, 0.15) is 21.5 Å². The van der Waals surface area contributed by atoms with E-state index in [1.54, 1.807) is 24.3 Å². The number of nitrogens with one attached hydrogen (secondary N) is 1. The molecule has 0 atom stereocenters. The maximum absolute atomic E-state index is 12.6. The van der Waals surface area contributed by atoms with Gasteiger partial charge in [0.25, 0.3) is 5.91 Å². The maximum Gasteiger partial charge on any atom is 0.416 e. The Labute approximate surface area is 139 Å². The van der Waals surface area contributed by atoms with Gasteiger partial charge in [0.1, 0.15) is 0 Å². The lowest BCUT2D eigenvalue weighted by Crippen LogP contribution is -2.23. The third-order valence-electron chi connectivity index (χ3n) is 2.88. The van der Waals surface area contributed by atoms with Gasteiger partial charge in [0.2, 0.25) is 0 Å². The molecule has 0 radical (unpaired) electrons. The van der Waals surface area contributed by atoms with Gasteiger partial charge in [-0.05, 0) is 46.3 Å². The highest BCUT2D eigenvalue weighted by Crippen LogP contribution is 2.29. The van der Waals surface area contributed by atoms with Crippen LogP contribution in [0.3, 0.4) is 0 Å². The normalized spacial score (nSPS) is 10.6. The maximum atomic E-state index is 12.6. The zero-order chi connectivity index (χ0) is 16.9. The second-order valence-corrected chi connectivity index (χ2v) is 5.40. The molecular weight excluding hydrogens is 371 g/mol. The van der Waals surface area contributed by atoms with Crippen LogP contribution in [-0.4, -0.2) is 12.5 Å². The summed E-state index contributed by atoms with van der Waals surface area (Å²) in [7, 11) is 0. The molecule has 0 bridgehead atoms. The van der Waals surface area contributed by atoms with Crippen LogP contribution < -0.4 is 5.32 Å². The topological polar surface area (TPSA) is 29.1 Å². The predicted octanol–water partition coefficient (Wildman–Crippen LogP) is 4.25. The smallest absolute Gasteiger partial charge is 0.341 e. The molecule has 1 N–H and O–H groups in total. The van der Waals surface area contributed by atoms with Crippen LogP contribution in [0.2, 0.25) is 0 Å². The van der Waals surface area contributed by atoms with Crippen LogP contribution in [0.15, 0.2) is 53.0 Å². The van der Waals surface area contributed by atoms with E-state index in [-0.39, 0.29) is 18.0 Å². The molecule has 2 nitrogen and oxygen atoms in total. The van der Waals surface area contributed by atoms with Crippen molar-refractivity contribution >= 4 is 21.8 Å². The zero-order valence-electron chi connectivity index (χ0n) is 11.7. The molecule has 0 saturated heterocycles. The number of carbonyl (C=O) groups is 1. The number of benzene rings is 2. The minimum Gasteiger partial charge on any atom is -0.341 e. The fourth-order valence-corrected chi connectivity index (χ4v) is 2.25. The fourth-order valence-electron chi connectivity index (χ4n) is 1.78. The summed E-state index contributed by atoms with van der Waals surface area (Å²) >= 11 is 3.27. The zero-order valence-corrected chi connectivity index (χ0v) is 13.3. The molecule has 0 aliphatic rings. The number of hydrogen-bond donors (Lipinski definition) is 1. The lowest BCUT2D eigenvalue weighted by molar-refractivity contribution is -0.137. The summed E-state index contributed by atoms with van der Waals surface area (Å²) in [5, 5.41) is 2.59. The van der Waals surface area contributed by atoms with E-state index in [4.69, 9.17) is 0 Å². The van der Waals surface area contributed by atoms with E-state index in [0.717, 1.165) is 12.1 Å². The minimum absolute atomic E-state index is 0.0381. The second-order valence-electron chi connectivity index (χ2n) is 4.54. The molecule has 0 heterocycles. The third kappa shape index (κ3) is 4.86. The van der Waals surface area contributed by atoms with Gasteiger partial charge >= 0.3 is 6.18 Å². The van der Waals surface area contributed by atoms with E-state index in [1.807, 2.05) is 0 Å². The highest BCUT2D eigenvalue weighted by Gasteiger charge is 2.30. The van der Waals surface area contributed by atoms with Gasteiger partial charge in [-0.25, -0.2) is 0 Å². The number of halogens is 4. The third-order valence-corrected chi connectivity index (χ3v) is 3.57. The molecule has 0 spiro atoms. The van der Waals surface area contributed by atoms with Crippen LogP contribution >= 0.6 is 15.9 Å². The molecule has 0 aliphatic heterocycles. The van der Waals surface area contributed by atoms with E-state index >= 15 is 0 Å². The van der Waals surface area contributed by atoms with Gasteiger partial charge in [-0.1, -0.05) is 30.0 Å². The first-order valence-electron chi connectivity index (χ1n) is 6.57. The van der Waals surface area contributed by atoms with Crippen molar-refractivity contribution in [1.29, 1.82) is 0 Å². The number of alkyl halides is 3. The van der Waals surface area contributed by atoms with Gasteiger partial charge in [-0.2, -0.15) is 13.2 Å². The molecule has 2 rings (SSSR count). The van der Waals surface area contributed by atoms with Crippen molar-refractivity contribution < 1.29 is 18.0 Å². The Kier molecular flexibility index (Phi) is 5.45. The van der Waals surface area contributed by atoms with E-state index in [0.29, 0.717) is 10.0 Å². The fraction of sp³-hybridized carbons (Fsp3) is 0.118. The van der Waals surface area contributed by atoms with E-state index < -0.39 is 11.7 Å². The number of carbonyl (C=O) groups excluding carboxylic acids is 1. The Balaban J connectivity index is 1.99. The van der Waals surface area contributed by atoms with Crippen LogP contribution in [0.4, 0.5) is 13.2 Å². The molecule has 6 heteroatoms. The van der Waals surface area contributed by atoms with Crippen molar-refractivity contribution in [3.8, 4) is 11.8 Å². The number of hydrogen-bond acceptors (Lipinski definition) is 1. The van der Waals surface area contributed by atoms with Crippen molar-refractivity contribution in [3.05, 3.63) is 69.7 Å². The van der Waals surface area contributed by atoms with Gasteiger partial charge in [-0.3, -0.25) is 4.79 Å². The highest BCUT2D eigenvalue weighted by molar-refractivity contribution is 9.10. The molecule has 0 saturated carbocycles. The Morgan fingerprint density at radius 3 is 2.57 bits per heavy atom. The monoisotopic (exact) mass is 381 g/mol. The van der Waals surface area contributed by atoms with Crippen LogP contribution in [0.5, 0.6) is 0 Å². The highest BCUT2D eigenvalue weighted by atomic mass is 79.9. The first-order valence-corrected chi connectivity index (χ1v) is 7.36.